The van der Waals surface area contributed by atoms with Gasteiger partial charge in [0.1, 0.15) is 17.9 Å². The summed E-state index contributed by atoms with van der Waals surface area (Å²) in [6.07, 6.45) is 4.29. The average molecular weight is 408 g/mol. The number of thioether (sulfide) groups is 1. The van der Waals surface area contributed by atoms with Crippen LogP contribution in [0.2, 0.25) is 0 Å². The van der Waals surface area contributed by atoms with Crippen molar-refractivity contribution in [3.8, 4) is 5.88 Å². The summed E-state index contributed by atoms with van der Waals surface area (Å²) in [6, 6.07) is 3.27. The molecule has 3 N–H and O–H groups in total. The minimum Gasteiger partial charge on any atom is -0.445 e. The first kappa shape index (κ1) is 19.9. The molecule has 1 aliphatic heterocycles. The first-order valence-corrected chi connectivity index (χ1v) is 9.18. The molecule has 0 aromatic carbocycles. The van der Waals surface area contributed by atoms with Crippen LogP contribution in [-0.4, -0.2) is 44.8 Å². The molecule has 3 rings (SSSR count). The van der Waals surface area contributed by atoms with Gasteiger partial charge in [0, 0.05) is 17.1 Å². The molecule has 0 saturated carbocycles. The predicted octanol–water partition coefficient (Wildman–Crippen LogP) is 2.43. The number of hydrogen-bond donors (Lipinski definition) is 2. The summed E-state index contributed by atoms with van der Waals surface area (Å²) in [7, 11) is 0. The van der Waals surface area contributed by atoms with E-state index < -0.39 is 25.0 Å². The summed E-state index contributed by atoms with van der Waals surface area (Å²) in [5, 5.41) is 2.69. The molecule has 2 atom stereocenters. The quantitative estimate of drug-likeness (QED) is 0.754. The Morgan fingerprint density at radius 3 is 2.89 bits per heavy atom. The number of nitrogens with zero attached hydrogens (tertiary/aromatic N) is 4. The standard InChI is InChI=1S/C17H18F2N6O2S/c1-17(5-11(6-18)28-16(20)25-17)13-4-10(2-3-21-13)24-15(26)12-7-23-14(8-22-12)27-9-19/h2-4,7-8,11H,5-6,9H2,1H3,(H2,20,25)(H,21,24,26)/t11-,17-/m0/s1. The van der Waals surface area contributed by atoms with E-state index in [9.17, 15) is 13.6 Å². The van der Waals surface area contributed by atoms with Crippen LogP contribution in [0.3, 0.4) is 0 Å². The first-order valence-electron chi connectivity index (χ1n) is 8.30. The van der Waals surface area contributed by atoms with E-state index in [0.29, 0.717) is 23.0 Å². The smallest absolute Gasteiger partial charge is 0.275 e. The van der Waals surface area contributed by atoms with Gasteiger partial charge in [0.05, 0.1) is 18.1 Å². The Hall–Kier alpha value is -2.82. The fourth-order valence-corrected chi connectivity index (χ4v) is 3.85. The Labute approximate surface area is 164 Å². The van der Waals surface area contributed by atoms with Crippen LogP contribution in [0.1, 0.15) is 29.5 Å². The second-order valence-electron chi connectivity index (χ2n) is 6.20. The molecule has 2 aromatic heterocycles. The van der Waals surface area contributed by atoms with Gasteiger partial charge < -0.3 is 15.8 Å². The van der Waals surface area contributed by atoms with Crippen molar-refractivity contribution in [1.82, 2.24) is 15.0 Å². The lowest BCUT2D eigenvalue weighted by Gasteiger charge is -2.32. The molecular weight excluding hydrogens is 390 g/mol. The minimum atomic E-state index is -1.03. The molecule has 11 heteroatoms. The summed E-state index contributed by atoms with van der Waals surface area (Å²) in [4.78, 5) is 28.8. The third-order valence-corrected chi connectivity index (χ3v) is 5.03. The normalized spacial score (nSPS) is 21.7. The van der Waals surface area contributed by atoms with Gasteiger partial charge in [0.2, 0.25) is 12.7 Å². The van der Waals surface area contributed by atoms with Crippen molar-refractivity contribution in [3.05, 3.63) is 42.1 Å². The van der Waals surface area contributed by atoms with Gasteiger partial charge in [-0.15, -0.1) is 0 Å². The molecule has 0 bridgehead atoms. The fourth-order valence-electron chi connectivity index (χ4n) is 2.78. The van der Waals surface area contributed by atoms with E-state index in [1.54, 1.807) is 12.1 Å². The molecule has 28 heavy (non-hydrogen) atoms. The molecule has 1 amide bonds. The Morgan fingerprint density at radius 1 is 1.39 bits per heavy atom. The van der Waals surface area contributed by atoms with E-state index >= 15 is 0 Å². The van der Waals surface area contributed by atoms with Crippen molar-refractivity contribution < 1.29 is 18.3 Å². The lowest BCUT2D eigenvalue weighted by atomic mass is 9.91. The van der Waals surface area contributed by atoms with E-state index in [4.69, 9.17) is 5.73 Å². The minimum absolute atomic E-state index is 0.0220. The first-order chi connectivity index (χ1) is 13.4. The molecule has 0 radical (unpaired) electrons. The Bertz CT molecular complexity index is 882. The summed E-state index contributed by atoms with van der Waals surface area (Å²) in [5.74, 6) is -0.531. The van der Waals surface area contributed by atoms with Gasteiger partial charge in [-0.3, -0.25) is 9.78 Å². The molecule has 0 aliphatic carbocycles. The number of aromatic nitrogens is 3. The summed E-state index contributed by atoms with van der Waals surface area (Å²) >= 11 is 1.21. The number of alkyl halides is 2. The number of ether oxygens (including phenoxy) is 1. The third-order valence-electron chi connectivity index (χ3n) is 4.07. The van der Waals surface area contributed by atoms with Crippen molar-refractivity contribution in [2.24, 2.45) is 10.7 Å². The van der Waals surface area contributed by atoms with Crippen LogP contribution in [-0.2, 0) is 5.54 Å². The third kappa shape index (κ3) is 4.53. The molecule has 8 nitrogen and oxygen atoms in total. The van der Waals surface area contributed by atoms with Crippen LogP contribution in [0, 0.1) is 0 Å². The number of rotatable bonds is 6. The Kier molecular flexibility index (Phi) is 6.02. The summed E-state index contributed by atoms with van der Waals surface area (Å²) < 4.78 is 29.8. The zero-order valence-electron chi connectivity index (χ0n) is 14.9. The molecule has 0 saturated heterocycles. The van der Waals surface area contributed by atoms with Gasteiger partial charge in [-0.1, -0.05) is 11.8 Å². The van der Waals surface area contributed by atoms with Gasteiger partial charge in [-0.25, -0.2) is 23.7 Å². The zero-order valence-corrected chi connectivity index (χ0v) is 15.7. The highest BCUT2D eigenvalue weighted by Crippen LogP contribution is 2.38. The Morgan fingerprint density at radius 2 is 2.21 bits per heavy atom. The average Bonchev–Trinajstić information content (AvgIpc) is 2.68. The molecule has 148 valence electrons. The van der Waals surface area contributed by atoms with E-state index in [0.717, 1.165) is 6.20 Å². The summed E-state index contributed by atoms with van der Waals surface area (Å²) in [5.41, 5.74) is 6.10. The fraction of sp³-hybridized carbons (Fsp3) is 0.353. The molecule has 3 heterocycles. The van der Waals surface area contributed by atoms with Gasteiger partial charge in [0.15, 0.2) is 5.17 Å². The van der Waals surface area contributed by atoms with Crippen LogP contribution in [0.5, 0.6) is 5.88 Å². The van der Waals surface area contributed by atoms with E-state index in [2.05, 4.69) is 30.0 Å². The number of aliphatic imine (C=N–C) groups is 1. The van der Waals surface area contributed by atoms with Crippen LogP contribution in [0.4, 0.5) is 14.5 Å². The second-order valence-corrected chi connectivity index (χ2v) is 7.52. The zero-order chi connectivity index (χ0) is 20.1. The number of nitrogens with two attached hydrogens (primary N) is 1. The number of hydrogen-bond acceptors (Lipinski definition) is 8. The van der Waals surface area contributed by atoms with Crippen LogP contribution >= 0.6 is 11.8 Å². The molecule has 1 aliphatic rings. The van der Waals surface area contributed by atoms with Crippen LogP contribution in [0.25, 0.3) is 0 Å². The van der Waals surface area contributed by atoms with E-state index in [1.165, 1.54) is 24.2 Å². The van der Waals surface area contributed by atoms with Crippen molar-refractivity contribution in [3.63, 3.8) is 0 Å². The van der Waals surface area contributed by atoms with Crippen molar-refractivity contribution in [2.75, 3.05) is 18.9 Å². The van der Waals surface area contributed by atoms with Crippen LogP contribution < -0.4 is 15.8 Å². The van der Waals surface area contributed by atoms with E-state index in [-0.39, 0.29) is 16.8 Å². The van der Waals surface area contributed by atoms with Crippen molar-refractivity contribution in [2.45, 2.75) is 24.1 Å². The number of carbonyl (C=O) groups excluding carboxylic acids is 1. The highest BCUT2D eigenvalue weighted by molar-refractivity contribution is 8.14. The molecule has 2 aromatic rings. The van der Waals surface area contributed by atoms with Crippen molar-refractivity contribution in [1.29, 1.82) is 0 Å². The topological polar surface area (TPSA) is 115 Å². The van der Waals surface area contributed by atoms with E-state index in [1.807, 2.05) is 6.92 Å². The summed E-state index contributed by atoms with van der Waals surface area (Å²) in [6.45, 7) is 0.270. The largest absolute Gasteiger partial charge is 0.445 e. The van der Waals surface area contributed by atoms with Crippen LogP contribution in [0.15, 0.2) is 35.7 Å². The monoisotopic (exact) mass is 408 g/mol. The second kappa shape index (κ2) is 8.46. The predicted molar refractivity (Wildman–Crippen MR) is 102 cm³/mol. The number of pyridine rings is 1. The van der Waals surface area contributed by atoms with Gasteiger partial charge in [-0.05, 0) is 25.5 Å². The molecule has 0 unspecified atom stereocenters. The number of nitrogens with one attached hydrogen (secondary N) is 1. The highest BCUT2D eigenvalue weighted by atomic mass is 32.2. The highest BCUT2D eigenvalue weighted by Gasteiger charge is 2.36. The maximum absolute atomic E-state index is 13.2. The molecule has 0 spiro atoms. The van der Waals surface area contributed by atoms with Gasteiger partial charge in [-0.2, -0.15) is 0 Å². The molecule has 0 fully saturated rings. The Balaban J connectivity index is 1.78. The lowest BCUT2D eigenvalue weighted by Crippen LogP contribution is -2.35. The maximum Gasteiger partial charge on any atom is 0.275 e. The number of amidine groups is 1. The number of carbonyl (C=O) groups is 1. The van der Waals surface area contributed by atoms with Gasteiger partial charge in [0.25, 0.3) is 5.91 Å². The number of halogens is 2. The SMILES string of the molecule is C[C@@]1(c2cc(NC(=O)c3cnc(OCF)cn3)ccn2)C[C@@H](CF)SC(N)=N1. The number of amides is 1. The van der Waals surface area contributed by atoms with Gasteiger partial charge >= 0.3 is 0 Å². The lowest BCUT2D eigenvalue weighted by molar-refractivity contribution is 0.102. The number of anilines is 1. The molecular formula is C17H18F2N6O2S. The van der Waals surface area contributed by atoms with Crippen molar-refractivity contribution >= 4 is 28.5 Å². The maximum atomic E-state index is 13.2.